The van der Waals surface area contributed by atoms with E-state index in [2.05, 4.69) is 0 Å². The van der Waals surface area contributed by atoms with Crippen molar-refractivity contribution in [2.45, 2.75) is 4.90 Å². The highest BCUT2D eigenvalue weighted by molar-refractivity contribution is 7.87. The molecule has 4 aromatic carbocycles. The fourth-order valence-corrected chi connectivity index (χ4v) is 4.04. The molecule has 1 N–H and O–H groups in total. The maximum absolute atomic E-state index is 12.6. The van der Waals surface area contributed by atoms with Gasteiger partial charge in [-0.05, 0) is 29.7 Å². The summed E-state index contributed by atoms with van der Waals surface area (Å²) in [6, 6.07) is 28.2. The van der Waals surface area contributed by atoms with E-state index in [4.69, 9.17) is 9.59 Å². The van der Waals surface area contributed by atoms with Crippen molar-refractivity contribution in [3.63, 3.8) is 0 Å². The second kappa shape index (κ2) is 7.29. The first-order valence-corrected chi connectivity index (χ1v) is 10.1. The number of hydrogen-bond acceptors (Lipinski definition) is 4. The highest BCUT2D eigenvalue weighted by atomic mass is 32.2. The molecule has 0 heterocycles. The molecule has 0 radical (unpaired) electrons. The van der Waals surface area contributed by atoms with E-state index in [1.807, 2.05) is 48.5 Å². The second-order valence-electron chi connectivity index (χ2n) is 6.25. The summed E-state index contributed by atoms with van der Waals surface area (Å²) in [5, 5.41) is 9.98. The Kier molecular flexibility index (Phi) is 4.67. The van der Waals surface area contributed by atoms with E-state index >= 15 is 0 Å². The molecule has 28 heavy (non-hydrogen) atoms. The highest BCUT2D eigenvalue weighted by Gasteiger charge is 2.19. The van der Waals surface area contributed by atoms with Gasteiger partial charge in [0.2, 0.25) is 0 Å². The minimum absolute atomic E-state index is 0.0974. The second-order valence-corrected chi connectivity index (χ2v) is 7.79. The van der Waals surface area contributed by atoms with Crippen molar-refractivity contribution in [2.24, 2.45) is 0 Å². The van der Waals surface area contributed by atoms with Crippen LogP contribution in [0.1, 0.15) is 11.1 Å². The molecule has 0 aliphatic rings. The molecule has 0 atom stereocenters. The normalized spacial score (nSPS) is 11.3. The summed E-state index contributed by atoms with van der Waals surface area (Å²) in [5.74, 6) is 0.240. The topological polar surface area (TPSA) is 67.2 Å². The van der Waals surface area contributed by atoms with Gasteiger partial charge in [0.1, 0.15) is 4.90 Å². The van der Waals surface area contributed by atoms with Crippen molar-refractivity contribution in [2.75, 3.05) is 0 Å². The summed E-state index contributed by atoms with van der Waals surface area (Å²) in [6.07, 6.45) is 0. The van der Waals surface area contributed by atoms with E-state index < -0.39 is 10.1 Å². The van der Waals surface area contributed by atoms with Crippen LogP contribution < -0.4 is 4.18 Å². The van der Waals surface area contributed by atoms with Crippen LogP contribution >= 0.6 is 0 Å². The van der Waals surface area contributed by atoms with Gasteiger partial charge in [-0.1, -0.05) is 72.8 Å². The van der Waals surface area contributed by atoms with Crippen molar-refractivity contribution in [3.8, 4) is 5.75 Å². The van der Waals surface area contributed by atoms with E-state index in [-0.39, 0.29) is 10.6 Å². The minimum atomic E-state index is -3.94. The molecule has 0 amide bonds. The fraction of sp³-hybridized carbons (Fsp3) is 0. The Balaban J connectivity index is 1.80. The van der Waals surface area contributed by atoms with Crippen LogP contribution in [0.3, 0.4) is 0 Å². The van der Waals surface area contributed by atoms with Crippen molar-refractivity contribution in [3.05, 3.63) is 108 Å². The summed E-state index contributed by atoms with van der Waals surface area (Å²) in [5.41, 5.74) is 1.87. The molecular weight excluding hydrogens is 370 g/mol. The van der Waals surface area contributed by atoms with Crippen LogP contribution in [0.5, 0.6) is 5.75 Å². The van der Waals surface area contributed by atoms with Gasteiger partial charge in [0, 0.05) is 16.5 Å². The lowest BCUT2D eigenvalue weighted by Gasteiger charge is -2.13. The zero-order valence-electron chi connectivity index (χ0n) is 14.9. The fourth-order valence-electron chi connectivity index (χ4n) is 3.08. The molecule has 0 saturated carbocycles. The van der Waals surface area contributed by atoms with Gasteiger partial charge in [0.15, 0.2) is 5.75 Å². The van der Waals surface area contributed by atoms with E-state index in [0.717, 1.165) is 10.9 Å². The largest absolute Gasteiger partial charge is 0.378 e. The lowest BCUT2D eigenvalue weighted by atomic mass is 9.96. The minimum Gasteiger partial charge on any atom is -0.378 e. The van der Waals surface area contributed by atoms with Gasteiger partial charge < -0.3 is 4.18 Å². The maximum Gasteiger partial charge on any atom is 0.339 e. The number of benzene rings is 4. The SMILES string of the molecule is N=C(c1ccccc1)c1ccc(OS(=O)(=O)c2ccccc2)c2ccccc12. The van der Waals surface area contributed by atoms with Crippen LogP contribution in [0.2, 0.25) is 0 Å². The van der Waals surface area contributed by atoms with Gasteiger partial charge in [-0.25, -0.2) is 0 Å². The number of nitrogens with one attached hydrogen (secondary N) is 1. The number of rotatable bonds is 5. The molecule has 0 bridgehead atoms. The van der Waals surface area contributed by atoms with Crippen molar-refractivity contribution < 1.29 is 12.6 Å². The third-order valence-electron chi connectivity index (χ3n) is 4.45. The Hall–Kier alpha value is -3.44. The van der Waals surface area contributed by atoms with Gasteiger partial charge >= 0.3 is 10.1 Å². The summed E-state index contributed by atoms with van der Waals surface area (Å²) in [4.78, 5) is 0.0974. The average Bonchev–Trinajstić information content (AvgIpc) is 2.75. The Morgan fingerprint density at radius 3 is 1.93 bits per heavy atom. The third-order valence-corrected chi connectivity index (χ3v) is 5.70. The molecule has 0 aliphatic heterocycles. The molecular formula is C23H17NO3S. The lowest BCUT2D eigenvalue weighted by Crippen LogP contribution is -2.10. The van der Waals surface area contributed by atoms with Crippen LogP contribution in [0.25, 0.3) is 10.8 Å². The lowest BCUT2D eigenvalue weighted by molar-refractivity contribution is 0.488. The first kappa shape index (κ1) is 17.9. The maximum atomic E-state index is 12.6. The Morgan fingerprint density at radius 2 is 1.25 bits per heavy atom. The van der Waals surface area contributed by atoms with E-state index in [1.165, 1.54) is 12.1 Å². The molecule has 4 aromatic rings. The molecule has 0 fully saturated rings. The zero-order valence-corrected chi connectivity index (χ0v) is 15.7. The third kappa shape index (κ3) is 3.40. The Morgan fingerprint density at radius 1 is 0.679 bits per heavy atom. The standard InChI is InChI=1S/C23H17NO3S/c24-23(17-9-3-1-4-10-17)21-15-16-22(20-14-8-7-13-19(20)21)27-28(25,26)18-11-5-2-6-12-18/h1-16,24H. The summed E-state index contributed by atoms with van der Waals surface area (Å²) >= 11 is 0. The van der Waals surface area contributed by atoms with Gasteiger partial charge in [-0.2, -0.15) is 8.42 Å². The molecule has 5 heteroatoms. The molecule has 138 valence electrons. The Labute approximate surface area is 163 Å². The van der Waals surface area contributed by atoms with Crippen molar-refractivity contribution in [1.82, 2.24) is 0 Å². The highest BCUT2D eigenvalue weighted by Crippen LogP contribution is 2.31. The molecule has 4 rings (SSSR count). The molecule has 0 spiro atoms. The van der Waals surface area contributed by atoms with Gasteiger partial charge in [0.05, 0.1) is 5.71 Å². The van der Waals surface area contributed by atoms with Crippen molar-refractivity contribution >= 4 is 26.6 Å². The summed E-state index contributed by atoms with van der Waals surface area (Å²) in [6.45, 7) is 0. The quantitative estimate of drug-likeness (QED) is 0.386. The van der Waals surface area contributed by atoms with E-state index in [9.17, 15) is 8.42 Å². The molecule has 0 aliphatic carbocycles. The van der Waals surface area contributed by atoms with Crippen LogP contribution in [0.15, 0.2) is 102 Å². The van der Waals surface area contributed by atoms with Crippen LogP contribution in [0, 0.1) is 5.41 Å². The smallest absolute Gasteiger partial charge is 0.339 e. The van der Waals surface area contributed by atoms with Crippen molar-refractivity contribution in [1.29, 1.82) is 5.41 Å². The van der Waals surface area contributed by atoms with E-state index in [1.54, 1.807) is 36.4 Å². The first-order chi connectivity index (χ1) is 13.6. The van der Waals surface area contributed by atoms with E-state index in [0.29, 0.717) is 16.7 Å². The predicted molar refractivity (Wildman–Crippen MR) is 111 cm³/mol. The average molecular weight is 387 g/mol. The number of fused-ring (bicyclic) bond motifs is 1. The summed E-state index contributed by atoms with van der Waals surface area (Å²) in [7, 11) is -3.94. The molecule has 0 saturated heterocycles. The number of hydrogen-bond donors (Lipinski definition) is 1. The van der Waals surface area contributed by atoms with Crippen LogP contribution in [-0.4, -0.2) is 14.1 Å². The predicted octanol–water partition coefficient (Wildman–Crippen LogP) is 5.02. The first-order valence-electron chi connectivity index (χ1n) is 8.72. The van der Waals surface area contributed by atoms with Crippen LogP contribution in [-0.2, 0) is 10.1 Å². The monoisotopic (exact) mass is 387 g/mol. The molecule has 0 aromatic heterocycles. The van der Waals surface area contributed by atoms with Crippen LogP contribution in [0.4, 0.5) is 0 Å². The van der Waals surface area contributed by atoms with Gasteiger partial charge in [-0.15, -0.1) is 0 Å². The van der Waals surface area contributed by atoms with Gasteiger partial charge in [-0.3, -0.25) is 5.41 Å². The Bertz CT molecular complexity index is 1250. The molecule has 4 nitrogen and oxygen atoms in total. The molecule has 0 unspecified atom stereocenters. The summed E-state index contributed by atoms with van der Waals surface area (Å²) < 4.78 is 30.7. The van der Waals surface area contributed by atoms with Gasteiger partial charge in [0.25, 0.3) is 0 Å². The zero-order chi connectivity index (χ0) is 19.6.